The molecule has 0 radical (unpaired) electrons. The first-order chi connectivity index (χ1) is 8.62. The normalized spacial score (nSPS) is 12.5. The summed E-state index contributed by atoms with van der Waals surface area (Å²) in [5.74, 6) is -0.288. The molecule has 1 aromatic rings. The number of phenols is 1. The van der Waals surface area contributed by atoms with Crippen LogP contribution in [-0.2, 0) is 19.9 Å². The van der Waals surface area contributed by atoms with E-state index in [1.807, 2.05) is 0 Å². The van der Waals surface area contributed by atoms with E-state index in [1.54, 1.807) is 0 Å². The summed E-state index contributed by atoms with van der Waals surface area (Å²) in [6.07, 6.45) is 1.27. The Morgan fingerprint density at radius 2 is 1.89 bits per heavy atom. The molecule has 0 aliphatic heterocycles. The molecule has 0 aliphatic rings. The number of benzene rings is 1. The van der Waals surface area contributed by atoms with Gasteiger partial charge < -0.3 is 10.8 Å². The average Bonchev–Trinajstić information content (AvgIpc) is 2.27. The van der Waals surface area contributed by atoms with E-state index in [0.29, 0.717) is 0 Å². The van der Waals surface area contributed by atoms with Gasteiger partial charge in [0.05, 0.1) is 16.3 Å². The smallest absolute Gasteiger partial charge is 0.240 e. The van der Waals surface area contributed by atoms with Gasteiger partial charge >= 0.3 is 0 Å². The lowest BCUT2D eigenvalue weighted by atomic mass is 10.3. The predicted octanol–water partition coefficient (Wildman–Crippen LogP) is -0.313. The number of nitrogen functional groups attached to an aromatic ring is 1. The summed E-state index contributed by atoms with van der Waals surface area (Å²) in [6.45, 7) is 0.0101. The number of nitrogens with two attached hydrogens (primary N) is 1. The Morgan fingerprint density at radius 1 is 1.26 bits per heavy atom. The largest absolute Gasteiger partial charge is 0.506 e. The maximum Gasteiger partial charge on any atom is 0.240 e. The van der Waals surface area contributed by atoms with E-state index < -0.39 is 19.9 Å². The summed E-state index contributed by atoms with van der Waals surface area (Å²) in [4.78, 5) is -0.0813. The molecule has 0 saturated carbocycles. The van der Waals surface area contributed by atoms with Crippen molar-refractivity contribution in [3.05, 3.63) is 18.2 Å². The molecule has 0 bridgehead atoms. The van der Waals surface area contributed by atoms with Gasteiger partial charge in [0.15, 0.2) is 0 Å². The van der Waals surface area contributed by atoms with E-state index in [9.17, 15) is 21.9 Å². The number of anilines is 1. The van der Waals surface area contributed by atoms with Gasteiger partial charge in [0.25, 0.3) is 0 Å². The lowest BCUT2D eigenvalue weighted by Gasteiger charge is -2.07. The second-order valence-corrected chi connectivity index (χ2v) is 8.13. The number of sulfonamides is 1. The Kier molecular flexibility index (Phi) is 4.77. The van der Waals surface area contributed by atoms with Crippen LogP contribution in [0, 0.1) is 0 Å². The van der Waals surface area contributed by atoms with Crippen LogP contribution in [0.25, 0.3) is 0 Å². The summed E-state index contributed by atoms with van der Waals surface area (Å²) in [5, 5.41) is 9.21. The van der Waals surface area contributed by atoms with Gasteiger partial charge in [0.1, 0.15) is 15.6 Å². The first-order valence-electron chi connectivity index (χ1n) is 5.38. The van der Waals surface area contributed by atoms with E-state index >= 15 is 0 Å². The van der Waals surface area contributed by atoms with E-state index in [0.717, 1.165) is 12.3 Å². The molecule has 0 aromatic heterocycles. The highest BCUT2D eigenvalue weighted by molar-refractivity contribution is 7.90. The molecule has 19 heavy (non-hydrogen) atoms. The second kappa shape index (κ2) is 5.76. The number of aromatic hydroxyl groups is 1. The second-order valence-electron chi connectivity index (χ2n) is 4.10. The zero-order valence-electron chi connectivity index (χ0n) is 10.3. The van der Waals surface area contributed by atoms with Gasteiger partial charge in [-0.05, 0) is 24.6 Å². The number of rotatable bonds is 6. The van der Waals surface area contributed by atoms with Gasteiger partial charge in [0, 0.05) is 12.8 Å². The lowest BCUT2D eigenvalue weighted by Crippen LogP contribution is -2.26. The fourth-order valence-electron chi connectivity index (χ4n) is 1.32. The summed E-state index contributed by atoms with van der Waals surface area (Å²) >= 11 is 0. The Bertz CT molecular complexity index is 652. The van der Waals surface area contributed by atoms with Crippen molar-refractivity contribution < 1.29 is 21.9 Å². The molecule has 0 aliphatic carbocycles. The summed E-state index contributed by atoms with van der Waals surface area (Å²) in [5.41, 5.74) is 5.37. The van der Waals surface area contributed by atoms with E-state index in [4.69, 9.17) is 5.73 Å². The van der Waals surface area contributed by atoms with Crippen LogP contribution in [0.15, 0.2) is 23.1 Å². The first-order valence-corrected chi connectivity index (χ1v) is 8.92. The van der Waals surface area contributed by atoms with Crippen molar-refractivity contribution in [3.8, 4) is 5.75 Å². The van der Waals surface area contributed by atoms with Crippen molar-refractivity contribution in [2.75, 3.05) is 24.3 Å². The number of hydrogen-bond donors (Lipinski definition) is 3. The van der Waals surface area contributed by atoms with Gasteiger partial charge in [-0.25, -0.2) is 21.6 Å². The molecular weight excluding hydrogens is 292 g/mol. The molecule has 0 fully saturated rings. The fourth-order valence-corrected chi connectivity index (χ4v) is 3.10. The van der Waals surface area contributed by atoms with Crippen LogP contribution < -0.4 is 10.5 Å². The van der Waals surface area contributed by atoms with Gasteiger partial charge in [-0.3, -0.25) is 0 Å². The number of nitrogens with one attached hydrogen (secondary N) is 1. The van der Waals surface area contributed by atoms with Crippen LogP contribution in [0.5, 0.6) is 5.75 Å². The molecule has 9 heteroatoms. The van der Waals surface area contributed by atoms with Crippen molar-refractivity contribution >= 4 is 25.5 Å². The molecule has 0 amide bonds. The first kappa shape index (κ1) is 15.7. The van der Waals surface area contributed by atoms with E-state index in [1.165, 1.54) is 12.1 Å². The molecule has 7 nitrogen and oxygen atoms in total. The standard InChI is InChI=1S/C10H16N2O5S2/c1-18(14,15)6-2-5-12-19(16,17)8-3-4-10(13)9(11)7-8/h3-4,7,12-13H,2,5-6,11H2,1H3. The molecule has 1 aromatic carbocycles. The Balaban J connectivity index is 2.68. The Hall–Kier alpha value is -1.32. The third-order valence-electron chi connectivity index (χ3n) is 2.29. The molecule has 4 N–H and O–H groups in total. The Labute approximate surface area is 112 Å². The lowest BCUT2D eigenvalue weighted by molar-refractivity contribution is 0.477. The van der Waals surface area contributed by atoms with Crippen LogP contribution in [0.4, 0.5) is 5.69 Å². The van der Waals surface area contributed by atoms with Crippen molar-refractivity contribution in [3.63, 3.8) is 0 Å². The van der Waals surface area contributed by atoms with Gasteiger partial charge in [0.2, 0.25) is 10.0 Å². The highest BCUT2D eigenvalue weighted by Gasteiger charge is 2.15. The minimum Gasteiger partial charge on any atom is -0.506 e. The van der Waals surface area contributed by atoms with E-state index in [-0.39, 0.29) is 35.1 Å². The van der Waals surface area contributed by atoms with E-state index in [2.05, 4.69) is 4.72 Å². The third-order valence-corrected chi connectivity index (χ3v) is 4.78. The van der Waals surface area contributed by atoms with Crippen molar-refractivity contribution in [2.45, 2.75) is 11.3 Å². The Morgan fingerprint density at radius 3 is 2.42 bits per heavy atom. The van der Waals surface area contributed by atoms with Crippen molar-refractivity contribution in [1.82, 2.24) is 4.72 Å². The molecule has 0 heterocycles. The molecule has 1 rings (SSSR count). The van der Waals surface area contributed by atoms with Crippen LogP contribution >= 0.6 is 0 Å². The minimum atomic E-state index is -3.75. The van der Waals surface area contributed by atoms with Crippen LogP contribution in [0.3, 0.4) is 0 Å². The monoisotopic (exact) mass is 308 g/mol. The molecule has 0 spiro atoms. The van der Waals surface area contributed by atoms with Gasteiger partial charge in [-0.2, -0.15) is 0 Å². The molecule has 0 saturated heterocycles. The van der Waals surface area contributed by atoms with Crippen molar-refractivity contribution in [2.24, 2.45) is 0 Å². The summed E-state index contributed by atoms with van der Waals surface area (Å²) in [7, 11) is -6.86. The third kappa shape index (κ3) is 5.05. The molecular formula is C10H16N2O5S2. The highest BCUT2D eigenvalue weighted by Crippen LogP contribution is 2.22. The number of sulfone groups is 1. The van der Waals surface area contributed by atoms with Crippen LogP contribution in [0.2, 0.25) is 0 Å². The fraction of sp³-hybridized carbons (Fsp3) is 0.400. The molecule has 108 valence electrons. The molecule has 0 atom stereocenters. The maximum atomic E-state index is 11.8. The van der Waals surface area contributed by atoms with Gasteiger partial charge in [-0.15, -0.1) is 0 Å². The number of phenolic OH excluding ortho intramolecular Hbond substituents is 1. The average molecular weight is 308 g/mol. The van der Waals surface area contributed by atoms with Crippen LogP contribution in [0.1, 0.15) is 6.42 Å². The number of hydrogen-bond acceptors (Lipinski definition) is 6. The molecule has 0 unspecified atom stereocenters. The minimum absolute atomic E-state index is 0.0101. The van der Waals surface area contributed by atoms with Crippen LogP contribution in [-0.4, -0.2) is 40.5 Å². The SMILES string of the molecule is CS(=O)(=O)CCCNS(=O)(=O)c1ccc(O)c(N)c1. The summed E-state index contributed by atoms with van der Waals surface area (Å²) < 4.78 is 47.7. The van der Waals surface area contributed by atoms with Crippen molar-refractivity contribution in [1.29, 1.82) is 0 Å². The van der Waals surface area contributed by atoms with Gasteiger partial charge in [-0.1, -0.05) is 0 Å². The zero-order chi connectivity index (χ0) is 14.7. The quantitative estimate of drug-likeness (QED) is 0.376. The topological polar surface area (TPSA) is 127 Å². The highest BCUT2D eigenvalue weighted by atomic mass is 32.2. The maximum absolute atomic E-state index is 11.8. The predicted molar refractivity (Wildman–Crippen MR) is 72.0 cm³/mol. The zero-order valence-corrected chi connectivity index (χ0v) is 12.0. The summed E-state index contributed by atoms with van der Waals surface area (Å²) in [6, 6.07) is 3.53.